The van der Waals surface area contributed by atoms with E-state index in [0.29, 0.717) is 5.92 Å². The number of aromatic nitrogens is 1. The van der Waals surface area contributed by atoms with E-state index in [0.717, 1.165) is 23.5 Å². The second kappa shape index (κ2) is 13.0. The fraction of sp³-hybridized carbons (Fsp3) is 0.0612. The van der Waals surface area contributed by atoms with E-state index in [2.05, 4.69) is 179 Å². The highest BCUT2D eigenvalue weighted by Gasteiger charge is 2.22. The molecule has 0 saturated heterocycles. The standard InChI is InChI=1S/C49H36N2OS/c1-52-40-29-27-39(28-30-40)51-45-15-7-5-12-41(45)44-32-36(22-31-46(44)51)35-20-25-38(26-21-35)50(37-23-18-34(19-24-37)33-10-3-2-4-11-33)47-16-9-14-43-42-13-6-8-17-48(42)53-49(43)47/h2-18,20-32,34H,19H2,1H3. The molecule has 254 valence electrons. The fourth-order valence-electron chi connectivity index (χ4n) is 8.02. The lowest BCUT2D eigenvalue weighted by Gasteiger charge is -2.29. The molecule has 0 N–H and O–H groups in total. The highest BCUT2D eigenvalue weighted by molar-refractivity contribution is 7.26. The van der Waals surface area contributed by atoms with Crippen LogP contribution in [-0.4, -0.2) is 11.7 Å². The summed E-state index contributed by atoms with van der Waals surface area (Å²) in [5.41, 5.74) is 10.8. The maximum atomic E-state index is 5.44. The summed E-state index contributed by atoms with van der Waals surface area (Å²) in [6.45, 7) is 0. The summed E-state index contributed by atoms with van der Waals surface area (Å²) in [4.78, 5) is 2.45. The van der Waals surface area contributed by atoms with Crippen LogP contribution in [0.4, 0.5) is 11.4 Å². The Morgan fingerprint density at radius 3 is 2.13 bits per heavy atom. The largest absolute Gasteiger partial charge is 0.497 e. The van der Waals surface area contributed by atoms with E-state index in [1.807, 2.05) is 23.5 Å². The lowest BCUT2D eigenvalue weighted by molar-refractivity contribution is 0.415. The molecule has 0 aliphatic heterocycles. The molecule has 53 heavy (non-hydrogen) atoms. The van der Waals surface area contributed by atoms with Crippen LogP contribution in [0.5, 0.6) is 5.75 Å². The van der Waals surface area contributed by atoms with Gasteiger partial charge in [-0.05, 0) is 95.9 Å². The molecule has 0 amide bonds. The highest BCUT2D eigenvalue weighted by atomic mass is 32.1. The van der Waals surface area contributed by atoms with Crippen molar-refractivity contribution in [3.8, 4) is 22.6 Å². The van der Waals surface area contributed by atoms with Crippen molar-refractivity contribution in [3.63, 3.8) is 0 Å². The minimum Gasteiger partial charge on any atom is -0.497 e. The number of anilines is 2. The van der Waals surface area contributed by atoms with Gasteiger partial charge >= 0.3 is 0 Å². The summed E-state index contributed by atoms with van der Waals surface area (Å²) in [6, 6.07) is 59.3. The number of benzene rings is 7. The Labute approximate surface area is 312 Å². The SMILES string of the molecule is COc1ccc(-n2c3ccccc3c3cc(-c4ccc(N(C5=CCC(c6ccccc6)C=C5)c5cccc6c5sc5ccccc56)cc4)ccc32)cc1. The van der Waals surface area contributed by atoms with Crippen LogP contribution in [0.2, 0.25) is 0 Å². The van der Waals surface area contributed by atoms with Gasteiger partial charge in [0.1, 0.15) is 5.75 Å². The minimum absolute atomic E-state index is 0.370. The number of fused-ring (bicyclic) bond motifs is 6. The van der Waals surface area contributed by atoms with Gasteiger partial charge in [-0.1, -0.05) is 109 Å². The Morgan fingerprint density at radius 1 is 0.623 bits per heavy atom. The van der Waals surface area contributed by atoms with E-state index in [1.165, 1.54) is 70.1 Å². The maximum absolute atomic E-state index is 5.44. The summed E-state index contributed by atoms with van der Waals surface area (Å²) >= 11 is 1.88. The third kappa shape index (κ3) is 5.42. The molecule has 4 heteroatoms. The van der Waals surface area contributed by atoms with Crippen molar-refractivity contribution in [1.29, 1.82) is 0 Å². The first-order valence-corrected chi connectivity index (χ1v) is 19.0. The van der Waals surface area contributed by atoms with Crippen LogP contribution in [0.15, 0.2) is 188 Å². The van der Waals surface area contributed by atoms with Crippen molar-refractivity contribution >= 4 is 64.7 Å². The predicted molar refractivity (Wildman–Crippen MR) is 225 cm³/mol. The van der Waals surface area contributed by atoms with E-state index in [1.54, 1.807) is 7.11 Å². The number of allylic oxidation sites excluding steroid dienone is 3. The molecule has 0 bridgehead atoms. The van der Waals surface area contributed by atoms with Gasteiger partial charge in [0, 0.05) is 49.2 Å². The number of hydrogen-bond donors (Lipinski definition) is 0. The number of methoxy groups -OCH3 is 1. The molecule has 9 aromatic rings. The van der Waals surface area contributed by atoms with Crippen LogP contribution < -0.4 is 9.64 Å². The van der Waals surface area contributed by atoms with Gasteiger partial charge in [0.05, 0.1) is 28.5 Å². The first-order chi connectivity index (χ1) is 26.2. The molecule has 7 aromatic carbocycles. The van der Waals surface area contributed by atoms with Gasteiger partial charge in [-0.3, -0.25) is 0 Å². The average Bonchev–Trinajstić information content (AvgIpc) is 3.78. The second-order valence-corrected chi connectivity index (χ2v) is 14.7. The molecule has 2 heterocycles. The monoisotopic (exact) mass is 700 g/mol. The van der Waals surface area contributed by atoms with Crippen molar-refractivity contribution in [2.24, 2.45) is 0 Å². The van der Waals surface area contributed by atoms with E-state index < -0.39 is 0 Å². The van der Waals surface area contributed by atoms with Gasteiger partial charge in [0.15, 0.2) is 0 Å². The number of ether oxygens (including phenoxy) is 1. The smallest absolute Gasteiger partial charge is 0.119 e. The number of rotatable bonds is 7. The van der Waals surface area contributed by atoms with E-state index in [9.17, 15) is 0 Å². The Kier molecular flexibility index (Phi) is 7.70. The van der Waals surface area contributed by atoms with Crippen molar-refractivity contribution in [2.45, 2.75) is 12.3 Å². The van der Waals surface area contributed by atoms with Gasteiger partial charge in [0.25, 0.3) is 0 Å². The Balaban J connectivity index is 1.06. The Morgan fingerprint density at radius 2 is 1.34 bits per heavy atom. The lowest BCUT2D eigenvalue weighted by atomic mass is 9.91. The molecule has 1 atom stereocenters. The summed E-state index contributed by atoms with van der Waals surface area (Å²) in [7, 11) is 1.71. The van der Waals surface area contributed by atoms with Crippen molar-refractivity contribution in [1.82, 2.24) is 4.57 Å². The van der Waals surface area contributed by atoms with Crippen molar-refractivity contribution in [2.75, 3.05) is 12.0 Å². The molecule has 3 nitrogen and oxygen atoms in total. The number of hydrogen-bond acceptors (Lipinski definition) is 3. The molecule has 10 rings (SSSR count). The topological polar surface area (TPSA) is 17.4 Å². The van der Waals surface area contributed by atoms with Crippen LogP contribution in [0.1, 0.15) is 17.9 Å². The zero-order valence-corrected chi connectivity index (χ0v) is 30.1. The van der Waals surface area contributed by atoms with Crippen LogP contribution in [-0.2, 0) is 0 Å². The molecule has 2 aromatic heterocycles. The van der Waals surface area contributed by atoms with E-state index >= 15 is 0 Å². The molecule has 1 unspecified atom stereocenters. The van der Waals surface area contributed by atoms with Gasteiger partial charge in [-0.25, -0.2) is 0 Å². The Bertz CT molecular complexity index is 2840. The van der Waals surface area contributed by atoms with Gasteiger partial charge < -0.3 is 14.2 Å². The molecule has 0 fully saturated rings. The molecular formula is C49H36N2OS. The maximum Gasteiger partial charge on any atom is 0.119 e. The number of para-hydroxylation sites is 1. The summed E-state index contributed by atoms with van der Waals surface area (Å²) in [5.74, 6) is 1.22. The molecule has 0 saturated carbocycles. The Hall–Kier alpha value is -6.36. The number of thiophene rings is 1. The first kappa shape index (κ1) is 31.4. The minimum atomic E-state index is 0.370. The zero-order chi connectivity index (χ0) is 35.3. The predicted octanol–water partition coefficient (Wildman–Crippen LogP) is 13.6. The lowest BCUT2D eigenvalue weighted by Crippen LogP contribution is -2.17. The normalized spacial score (nSPS) is 14.3. The molecule has 0 spiro atoms. The van der Waals surface area contributed by atoms with Crippen LogP contribution in [0.3, 0.4) is 0 Å². The van der Waals surface area contributed by atoms with Crippen LogP contribution in [0, 0.1) is 0 Å². The molecule has 0 radical (unpaired) electrons. The van der Waals surface area contributed by atoms with E-state index in [-0.39, 0.29) is 0 Å². The van der Waals surface area contributed by atoms with Crippen molar-refractivity contribution in [3.05, 3.63) is 193 Å². The summed E-state index contributed by atoms with van der Waals surface area (Å²) in [6.07, 6.45) is 8.05. The third-order valence-corrected chi connectivity index (χ3v) is 11.9. The summed E-state index contributed by atoms with van der Waals surface area (Å²) in [5, 5.41) is 5.09. The first-order valence-electron chi connectivity index (χ1n) is 18.2. The average molecular weight is 701 g/mol. The molecule has 1 aliphatic carbocycles. The summed E-state index contributed by atoms with van der Waals surface area (Å²) < 4.78 is 10.4. The van der Waals surface area contributed by atoms with Gasteiger partial charge in [-0.2, -0.15) is 0 Å². The highest BCUT2D eigenvalue weighted by Crippen LogP contribution is 2.45. The second-order valence-electron chi connectivity index (χ2n) is 13.7. The van der Waals surface area contributed by atoms with Gasteiger partial charge in [0.2, 0.25) is 0 Å². The van der Waals surface area contributed by atoms with Crippen LogP contribution in [0.25, 0.3) is 58.8 Å². The molecule has 1 aliphatic rings. The van der Waals surface area contributed by atoms with Gasteiger partial charge in [-0.15, -0.1) is 11.3 Å². The van der Waals surface area contributed by atoms with Crippen molar-refractivity contribution < 1.29 is 4.74 Å². The number of nitrogens with zero attached hydrogens (tertiary/aromatic N) is 2. The van der Waals surface area contributed by atoms with Crippen LogP contribution >= 0.6 is 11.3 Å². The third-order valence-electron chi connectivity index (χ3n) is 10.7. The van der Waals surface area contributed by atoms with E-state index in [4.69, 9.17) is 4.74 Å². The fourth-order valence-corrected chi connectivity index (χ4v) is 9.23. The zero-order valence-electron chi connectivity index (χ0n) is 29.3. The molecular weight excluding hydrogens is 665 g/mol. The quantitative estimate of drug-likeness (QED) is 0.165.